The number of anilines is 1. The minimum absolute atomic E-state index is 0.0413. The number of benzene rings is 2. The van der Waals surface area contributed by atoms with Gasteiger partial charge in [-0.25, -0.2) is 4.98 Å². The predicted octanol–water partition coefficient (Wildman–Crippen LogP) is 5.72. The molecule has 0 atom stereocenters. The molecule has 3 nitrogen and oxygen atoms in total. The largest absolute Gasteiger partial charge is 0.302 e. The lowest BCUT2D eigenvalue weighted by Gasteiger charge is -2.02. The van der Waals surface area contributed by atoms with Crippen LogP contribution >= 0.6 is 22.7 Å². The maximum atomic E-state index is 12.3. The van der Waals surface area contributed by atoms with Gasteiger partial charge in [-0.05, 0) is 17.0 Å². The third kappa shape index (κ3) is 3.74. The molecule has 5 heteroatoms. The monoisotopic (exact) mass is 376 g/mol. The molecule has 2 heterocycles. The lowest BCUT2D eigenvalue weighted by Crippen LogP contribution is -2.13. The highest BCUT2D eigenvalue weighted by Gasteiger charge is 2.16. The number of amides is 1. The summed E-state index contributed by atoms with van der Waals surface area (Å²) in [4.78, 5) is 19.2. The fraction of sp³-hybridized carbons (Fsp3) is 0.0476. The van der Waals surface area contributed by atoms with Gasteiger partial charge < -0.3 is 5.32 Å². The van der Waals surface area contributed by atoms with E-state index in [2.05, 4.69) is 17.4 Å². The minimum Gasteiger partial charge on any atom is -0.302 e. The van der Waals surface area contributed by atoms with Crippen molar-refractivity contribution in [1.29, 1.82) is 0 Å². The predicted molar refractivity (Wildman–Crippen MR) is 110 cm³/mol. The standard InChI is InChI=1S/C21H16N2OS2/c24-18(14-17-12-7-13-25-17)22-21-23-19(15-8-3-1-4-9-15)20(26-21)16-10-5-2-6-11-16/h1-13H,14H2,(H,22,23,24). The van der Waals surface area contributed by atoms with Crippen LogP contribution in [0, 0.1) is 0 Å². The van der Waals surface area contributed by atoms with Crippen LogP contribution in [0.4, 0.5) is 5.13 Å². The van der Waals surface area contributed by atoms with E-state index in [1.165, 1.54) is 11.3 Å². The van der Waals surface area contributed by atoms with Gasteiger partial charge in [0.2, 0.25) is 5.91 Å². The lowest BCUT2D eigenvalue weighted by atomic mass is 10.1. The summed E-state index contributed by atoms with van der Waals surface area (Å²) < 4.78 is 0. The Morgan fingerprint density at radius 2 is 1.58 bits per heavy atom. The third-order valence-corrected chi connectivity index (χ3v) is 5.77. The van der Waals surface area contributed by atoms with Gasteiger partial charge in [-0.2, -0.15) is 0 Å². The van der Waals surface area contributed by atoms with Crippen molar-refractivity contribution in [2.75, 3.05) is 5.32 Å². The third-order valence-electron chi connectivity index (χ3n) is 3.87. The van der Waals surface area contributed by atoms with Gasteiger partial charge in [-0.1, -0.05) is 78.1 Å². The number of hydrogen-bond acceptors (Lipinski definition) is 4. The molecular weight excluding hydrogens is 360 g/mol. The smallest absolute Gasteiger partial charge is 0.231 e. The van der Waals surface area contributed by atoms with Crippen molar-refractivity contribution in [3.05, 3.63) is 83.1 Å². The molecule has 26 heavy (non-hydrogen) atoms. The Kier molecular flexibility index (Phi) is 4.91. The number of hydrogen-bond donors (Lipinski definition) is 1. The van der Waals surface area contributed by atoms with Gasteiger partial charge in [0.1, 0.15) is 0 Å². The fourth-order valence-corrected chi connectivity index (χ4v) is 4.40. The van der Waals surface area contributed by atoms with Crippen LogP contribution < -0.4 is 5.32 Å². The molecule has 4 aromatic rings. The quantitative estimate of drug-likeness (QED) is 0.484. The Bertz CT molecular complexity index is 936. The molecule has 0 aliphatic rings. The highest BCUT2D eigenvalue weighted by Crippen LogP contribution is 2.38. The summed E-state index contributed by atoms with van der Waals surface area (Å²) in [5.41, 5.74) is 3.04. The van der Waals surface area contributed by atoms with E-state index < -0.39 is 0 Å². The first-order valence-electron chi connectivity index (χ1n) is 8.23. The zero-order valence-electron chi connectivity index (χ0n) is 13.9. The van der Waals surface area contributed by atoms with Crippen molar-refractivity contribution in [3.63, 3.8) is 0 Å². The highest BCUT2D eigenvalue weighted by atomic mass is 32.1. The van der Waals surface area contributed by atoms with Crippen LogP contribution in [0.1, 0.15) is 4.88 Å². The van der Waals surface area contributed by atoms with Gasteiger partial charge in [0.15, 0.2) is 5.13 Å². The van der Waals surface area contributed by atoms with Crippen LogP contribution in [0.25, 0.3) is 21.7 Å². The molecule has 2 aromatic heterocycles. The number of aromatic nitrogens is 1. The number of nitrogens with zero attached hydrogens (tertiary/aromatic N) is 1. The van der Waals surface area contributed by atoms with Crippen LogP contribution in [0.5, 0.6) is 0 Å². The summed E-state index contributed by atoms with van der Waals surface area (Å²) in [6, 6.07) is 24.1. The van der Waals surface area contributed by atoms with Crippen molar-refractivity contribution >= 4 is 33.7 Å². The lowest BCUT2D eigenvalue weighted by molar-refractivity contribution is -0.115. The first-order valence-corrected chi connectivity index (χ1v) is 9.93. The van der Waals surface area contributed by atoms with Crippen LogP contribution in [0.2, 0.25) is 0 Å². The Balaban J connectivity index is 1.66. The van der Waals surface area contributed by atoms with E-state index in [0.717, 1.165) is 26.6 Å². The summed E-state index contributed by atoms with van der Waals surface area (Å²) in [7, 11) is 0. The zero-order valence-corrected chi connectivity index (χ0v) is 15.5. The fourth-order valence-electron chi connectivity index (χ4n) is 2.69. The second-order valence-corrected chi connectivity index (χ2v) is 7.76. The average Bonchev–Trinajstić information content (AvgIpc) is 3.33. The molecule has 1 N–H and O–H groups in total. The highest BCUT2D eigenvalue weighted by molar-refractivity contribution is 7.19. The van der Waals surface area contributed by atoms with Gasteiger partial charge in [-0.15, -0.1) is 11.3 Å². The van der Waals surface area contributed by atoms with Gasteiger partial charge in [0.05, 0.1) is 17.0 Å². The molecular formula is C21H16N2OS2. The molecule has 0 saturated heterocycles. The van der Waals surface area contributed by atoms with E-state index >= 15 is 0 Å². The molecule has 4 rings (SSSR count). The van der Waals surface area contributed by atoms with Crippen molar-refractivity contribution in [3.8, 4) is 21.7 Å². The minimum atomic E-state index is -0.0413. The Hall–Kier alpha value is -2.76. The van der Waals surface area contributed by atoms with Crippen molar-refractivity contribution in [2.45, 2.75) is 6.42 Å². The van der Waals surface area contributed by atoms with E-state index in [1.54, 1.807) is 11.3 Å². The molecule has 0 spiro atoms. The summed E-state index contributed by atoms with van der Waals surface area (Å²) in [5, 5.41) is 5.56. The Morgan fingerprint density at radius 1 is 0.885 bits per heavy atom. The number of carbonyl (C=O) groups is 1. The van der Waals surface area contributed by atoms with Crippen molar-refractivity contribution < 1.29 is 4.79 Å². The normalized spacial score (nSPS) is 10.6. The SMILES string of the molecule is O=C(Cc1cccs1)Nc1nc(-c2ccccc2)c(-c2ccccc2)s1. The van der Waals surface area contributed by atoms with Crippen LogP contribution in [0.15, 0.2) is 78.2 Å². The van der Waals surface area contributed by atoms with E-state index in [9.17, 15) is 4.79 Å². The first kappa shape index (κ1) is 16.7. The van der Waals surface area contributed by atoms with Crippen molar-refractivity contribution in [2.24, 2.45) is 0 Å². The maximum Gasteiger partial charge on any atom is 0.231 e. The molecule has 0 aliphatic heterocycles. The number of nitrogens with one attached hydrogen (secondary N) is 1. The zero-order chi connectivity index (χ0) is 17.8. The van der Waals surface area contributed by atoms with Gasteiger partial charge in [0, 0.05) is 10.4 Å². The number of thiazole rings is 1. The number of carbonyl (C=O) groups excluding carboxylic acids is 1. The average molecular weight is 377 g/mol. The molecule has 1 amide bonds. The van der Waals surface area contributed by atoms with E-state index in [1.807, 2.05) is 66.0 Å². The van der Waals surface area contributed by atoms with Gasteiger partial charge in [0.25, 0.3) is 0 Å². The molecule has 0 saturated carbocycles. The summed E-state index contributed by atoms with van der Waals surface area (Å²) >= 11 is 3.09. The van der Waals surface area contributed by atoms with Gasteiger partial charge >= 0.3 is 0 Å². The number of rotatable bonds is 5. The molecule has 0 fully saturated rings. The summed E-state index contributed by atoms with van der Waals surface area (Å²) in [5.74, 6) is -0.0413. The number of thiophene rings is 1. The molecule has 0 bridgehead atoms. The Morgan fingerprint density at radius 3 is 2.23 bits per heavy atom. The molecule has 0 aliphatic carbocycles. The van der Waals surface area contributed by atoms with E-state index in [-0.39, 0.29) is 5.91 Å². The topological polar surface area (TPSA) is 42.0 Å². The Labute approximate surface area is 160 Å². The van der Waals surface area contributed by atoms with Crippen LogP contribution in [-0.4, -0.2) is 10.9 Å². The maximum absolute atomic E-state index is 12.3. The van der Waals surface area contributed by atoms with Crippen LogP contribution in [0.3, 0.4) is 0 Å². The van der Waals surface area contributed by atoms with Gasteiger partial charge in [-0.3, -0.25) is 4.79 Å². The molecule has 0 radical (unpaired) electrons. The summed E-state index contributed by atoms with van der Waals surface area (Å²) in [6.45, 7) is 0. The van der Waals surface area contributed by atoms with E-state index in [0.29, 0.717) is 11.6 Å². The first-order chi connectivity index (χ1) is 12.8. The second kappa shape index (κ2) is 7.64. The second-order valence-electron chi connectivity index (χ2n) is 5.73. The molecule has 2 aromatic carbocycles. The molecule has 128 valence electrons. The van der Waals surface area contributed by atoms with Crippen molar-refractivity contribution in [1.82, 2.24) is 4.98 Å². The van der Waals surface area contributed by atoms with Crippen LogP contribution in [-0.2, 0) is 11.2 Å². The summed E-state index contributed by atoms with van der Waals surface area (Å²) in [6.07, 6.45) is 0.374. The molecule has 0 unspecified atom stereocenters. The van der Waals surface area contributed by atoms with E-state index in [4.69, 9.17) is 4.98 Å².